The number of hydrogen-bond acceptors (Lipinski definition) is 2. The van der Waals surface area contributed by atoms with E-state index >= 15 is 0 Å². The lowest BCUT2D eigenvalue weighted by molar-refractivity contribution is 0.0697. The Morgan fingerprint density at radius 1 is 1.39 bits per heavy atom. The molecule has 18 heavy (non-hydrogen) atoms. The van der Waals surface area contributed by atoms with Crippen molar-refractivity contribution in [3.05, 3.63) is 33.8 Å². The molecule has 0 unspecified atom stereocenters. The second-order valence-electron chi connectivity index (χ2n) is 4.20. The number of aliphatic hydroxyl groups is 1. The summed E-state index contributed by atoms with van der Waals surface area (Å²) in [6.07, 6.45) is 1.62. The molecule has 0 radical (unpaired) electrons. The molecule has 0 aliphatic heterocycles. The predicted octanol–water partition coefficient (Wildman–Crippen LogP) is 2.32. The maximum atomic E-state index is 13.7. The van der Waals surface area contributed by atoms with Gasteiger partial charge in [0.2, 0.25) is 0 Å². The molecule has 3 nitrogen and oxygen atoms in total. The molecule has 0 bridgehead atoms. The number of nitrogens with zero attached hydrogens (tertiary/aromatic N) is 1. The lowest BCUT2D eigenvalue weighted by atomic mass is 10.1. The van der Waals surface area contributed by atoms with Gasteiger partial charge in [0.1, 0.15) is 17.2 Å². The molecule has 1 amide bonds. The van der Waals surface area contributed by atoms with Crippen LogP contribution in [0, 0.1) is 11.6 Å². The summed E-state index contributed by atoms with van der Waals surface area (Å²) in [5, 5.41) is 8.90. The molecular formula is C12H12BrF2NO2. The number of carbonyl (C=O) groups excluding carboxylic acids is 1. The van der Waals surface area contributed by atoms with Gasteiger partial charge in [-0.3, -0.25) is 4.79 Å². The number of hydrogen-bond donors (Lipinski definition) is 1. The molecule has 1 aliphatic carbocycles. The van der Waals surface area contributed by atoms with Gasteiger partial charge < -0.3 is 10.0 Å². The van der Waals surface area contributed by atoms with E-state index in [4.69, 9.17) is 5.11 Å². The maximum Gasteiger partial charge on any atom is 0.260 e. The van der Waals surface area contributed by atoms with E-state index in [1.54, 1.807) is 0 Å². The lowest BCUT2D eigenvalue weighted by Crippen LogP contribution is -2.36. The van der Waals surface area contributed by atoms with Gasteiger partial charge in [-0.15, -0.1) is 0 Å². The molecule has 1 aromatic carbocycles. The first-order valence-corrected chi connectivity index (χ1v) is 6.40. The number of benzene rings is 1. The zero-order valence-electron chi connectivity index (χ0n) is 9.50. The van der Waals surface area contributed by atoms with Crippen LogP contribution < -0.4 is 0 Å². The smallest absolute Gasteiger partial charge is 0.260 e. The number of carbonyl (C=O) groups is 1. The first kappa shape index (κ1) is 13.4. The molecule has 6 heteroatoms. The molecule has 1 saturated carbocycles. The molecule has 1 fully saturated rings. The molecule has 0 saturated heterocycles. The van der Waals surface area contributed by atoms with Crippen LogP contribution in [-0.2, 0) is 0 Å². The Labute approximate surface area is 112 Å². The summed E-state index contributed by atoms with van der Waals surface area (Å²) in [5.74, 6) is -2.49. The topological polar surface area (TPSA) is 40.5 Å². The Kier molecular flexibility index (Phi) is 3.97. The Balaban J connectivity index is 2.32. The van der Waals surface area contributed by atoms with E-state index in [-0.39, 0.29) is 23.7 Å². The third kappa shape index (κ3) is 2.70. The largest absolute Gasteiger partial charge is 0.395 e. The maximum absolute atomic E-state index is 13.7. The Morgan fingerprint density at radius 3 is 2.39 bits per heavy atom. The summed E-state index contributed by atoms with van der Waals surface area (Å²) in [5.41, 5.74) is -0.557. The van der Waals surface area contributed by atoms with E-state index in [1.807, 2.05) is 0 Å². The van der Waals surface area contributed by atoms with Crippen molar-refractivity contribution in [2.45, 2.75) is 18.9 Å². The average molecular weight is 320 g/mol. The summed E-state index contributed by atoms with van der Waals surface area (Å²) in [6, 6.07) is 2.10. The van der Waals surface area contributed by atoms with Gasteiger partial charge >= 0.3 is 0 Å². The molecule has 1 aliphatic rings. The van der Waals surface area contributed by atoms with Crippen LogP contribution in [0.3, 0.4) is 0 Å². The van der Waals surface area contributed by atoms with Gasteiger partial charge in [0.05, 0.1) is 6.61 Å². The predicted molar refractivity (Wildman–Crippen MR) is 65.2 cm³/mol. The summed E-state index contributed by atoms with van der Waals surface area (Å²) < 4.78 is 27.6. The van der Waals surface area contributed by atoms with Crippen LogP contribution in [0.2, 0.25) is 0 Å². The second kappa shape index (κ2) is 5.32. The highest BCUT2D eigenvalue weighted by atomic mass is 79.9. The van der Waals surface area contributed by atoms with Gasteiger partial charge in [-0.1, -0.05) is 15.9 Å². The summed E-state index contributed by atoms with van der Waals surface area (Å²) in [6.45, 7) is -0.125. The SMILES string of the molecule is O=C(c1c(F)cc(Br)cc1F)N(CCO)C1CC1. The van der Waals surface area contributed by atoms with Crippen molar-refractivity contribution < 1.29 is 18.7 Å². The van der Waals surface area contributed by atoms with Gasteiger partial charge in [0.15, 0.2) is 0 Å². The first-order chi connectivity index (χ1) is 8.54. The molecule has 0 spiro atoms. The van der Waals surface area contributed by atoms with Crippen LogP contribution in [0.1, 0.15) is 23.2 Å². The molecule has 2 rings (SSSR count). The van der Waals surface area contributed by atoms with Crippen LogP contribution in [0.4, 0.5) is 8.78 Å². The van der Waals surface area contributed by atoms with Crippen molar-refractivity contribution in [2.24, 2.45) is 0 Å². The van der Waals surface area contributed by atoms with Crippen molar-refractivity contribution in [3.8, 4) is 0 Å². The molecule has 0 heterocycles. The number of amides is 1. The van der Waals surface area contributed by atoms with Crippen molar-refractivity contribution >= 4 is 21.8 Å². The van der Waals surface area contributed by atoms with E-state index in [2.05, 4.69) is 15.9 Å². The third-order valence-corrected chi connectivity index (χ3v) is 3.27. The molecular weight excluding hydrogens is 308 g/mol. The van der Waals surface area contributed by atoms with Gasteiger partial charge in [0.25, 0.3) is 5.91 Å². The Hall–Kier alpha value is -1.01. The molecule has 0 aromatic heterocycles. The fraction of sp³-hybridized carbons (Fsp3) is 0.417. The highest BCUT2D eigenvalue weighted by molar-refractivity contribution is 9.10. The van der Waals surface area contributed by atoms with E-state index < -0.39 is 23.1 Å². The summed E-state index contributed by atoms with van der Waals surface area (Å²) in [4.78, 5) is 13.4. The quantitative estimate of drug-likeness (QED) is 0.925. The van der Waals surface area contributed by atoms with Gasteiger partial charge in [0, 0.05) is 17.1 Å². The van der Waals surface area contributed by atoms with E-state index in [0.717, 1.165) is 25.0 Å². The van der Waals surface area contributed by atoms with E-state index in [9.17, 15) is 13.6 Å². The van der Waals surface area contributed by atoms with E-state index in [0.29, 0.717) is 0 Å². The van der Waals surface area contributed by atoms with Gasteiger partial charge in [-0.25, -0.2) is 8.78 Å². The minimum atomic E-state index is -0.893. The molecule has 1 N–H and O–H groups in total. The molecule has 98 valence electrons. The highest BCUT2D eigenvalue weighted by Gasteiger charge is 2.34. The minimum absolute atomic E-state index is 0.00732. The third-order valence-electron chi connectivity index (χ3n) is 2.81. The number of rotatable bonds is 4. The fourth-order valence-corrected chi connectivity index (χ4v) is 2.24. The van der Waals surface area contributed by atoms with Crippen molar-refractivity contribution in [3.63, 3.8) is 0 Å². The van der Waals surface area contributed by atoms with E-state index in [1.165, 1.54) is 4.90 Å². The normalized spacial score (nSPS) is 14.7. The summed E-state index contributed by atoms with van der Waals surface area (Å²) >= 11 is 2.96. The number of halogens is 3. The van der Waals surface area contributed by atoms with Gasteiger partial charge in [-0.05, 0) is 25.0 Å². The van der Waals surface area contributed by atoms with Crippen molar-refractivity contribution in [1.82, 2.24) is 4.90 Å². The zero-order valence-corrected chi connectivity index (χ0v) is 11.1. The summed E-state index contributed by atoms with van der Waals surface area (Å²) in [7, 11) is 0. The van der Waals surface area contributed by atoms with Gasteiger partial charge in [-0.2, -0.15) is 0 Å². The highest BCUT2D eigenvalue weighted by Crippen LogP contribution is 2.29. The zero-order chi connectivity index (χ0) is 13.3. The molecule has 1 aromatic rings. The second-order valence-corrected chi connectivity index (χ2v) is 5.11. The Bertz CT molecular complexity index is 454. The van der Waals surface area contributed by atoms with Crippen LogP contribution in [0.25, 0.3) is 0 Å². The van der Waals surface area contributed by atoms with Crippen LogP contribution in [0.15, 0.2) is 16.6 Å². The van der Waals surface area contributed by atoms with Crippen LogP contribution in [0.5, 0.6) is 0 Å². The fourth-order valence-electron chi connectivity index (χ4n) is 1.83. The lowest BCUT2D eigenvalue weighted by Gasteiger charge is -2.21. The minimum Gasteiger partial charge on any atom is -0.395 e. The molecule has 0 atom stereocenters. The monoisotopic (exact) mass is 319 g/mol. The average Bonchev–Trinajstić information content (AvgIpc) is 3.07. The van der Waals surface area contributed by atoms with Crippen LogP contribution >= 0.6 is 15.9 Å². The first-order valence-electron chi connectivity index (χ1n) is 5.61. The van der Waals surface area contributed by atoms with Crippen molar-refractivity contribution in [2.75, 3.05) is 13.2 Å². The van der Waals surface area contributed by atoms with Crippen LogP contribution in [-0.4, -0.2) is 35.1 Å². The Morgan fingerprint density at radius 2 is 1.94 bits per heavy atom. The number of aliphatic hydroxyl groups excluding tert-OH is 1. The standard InChI is InChI=1S/C12H12BrF2NO2/c13-7-5-9(14)11(10(15)6-7)12(18)16(3-4-17)8-1-2-8/h5-6,8,17H,1-4H2. The van der Waals surface area contributed by atoms with Crippen molar-refractivity contribution in [1.29, 1.82) is 0 Å².